The molecule has 34 heavy (non-hydrogen) atoms. The number of benzene rings is 2. The SMILES string of the molecule is CCNNC(=O)N(C)C[C@H](OC(=O)NCC)c1cccc(OCc2ccc3ccccc3n2)c1. The summed E-state index contributed by atoms with van der Waals surface area (Å²) in [6.07, 6.45) is -1.24. The number of pyridine rings is 1. The van der Waals surface area contributed by atoms with Gasteiger partial charge in [-0.25, -0.2) is 20.0 Å². The van der Waals surface area contributed by atoms with Crippen molar-refractivity contribution in [2.45, 2.75) is 26.6 Å². The molecular formula is C25H31N5O4. The second-order valence-electron chi connectivity index (χ2n) is 7.62. The van der Waals surface area contributed by atoms with Crippen molar-refractivity contribution >= 4 is 23.0 Å². The molecule has 0 unspecified atom stereocenters. The maximum atomic E-state index is 12.3. The number of ether oxygens (including phenoxy) is 2. The number of carbonyl (C=O) groups excluding carboxylic acids is 2. The molecule has 0 radical (unpaired) electrons. The lowest BCUT2D eigenvalue weighted by Crippen LogP contribution is -2.46. The molecule has 1 aromatic heterocycles. The van der Waals surface area contributed by atoms with Gasteiger partial charge in [0.25, 0.3) is 0 Å². The molecule has 3 rings (SSSR count). The van der Waals surface area contributed by atoms with Crippen molar-refractivity contribution in [2.75, 3.05) is 26.7 Å². The molecule has 0 saturated heterocycles. The van der Waals surface area contributed by atoms with Gasteiger partial charge in [0.15, 0.2) is 0 Å². The molecular weight excluding hydrogens is 434 g/mol. The molecule has 180 valence electrons. The quantitative estimate of drug-likeness (QED) is 0.394. The lowest BCUT2D eigenvalue weighted by Gasteiger charge is -2.25. The fourth-order valence-corrected chi connectivity index (χ4v) is 3.27. The Balaban J connectivity index is 1.72. The lowest BCUT2D eigenvalue weighted by molar-refractivity contribution is 0.0803. The largest absolute Gasteiger partial charge is 0.487 e. The van der Waals surface area contributed by atoms with Crippen molar-refractivity contribution in [2.24, 2.45) is 0 Å². The highest BCUT2D eigenvalue weighted by molar-refractivity contribution is 5.78. The van der Waals surface area contributed by atoms with Crippen LogP contribution < -0.4 is 20.9 Å². The summed E-state index contributed by atoms with van der Waals surface area (Å²) in [5.74, 6) is 0.608. The van der Waals surface area contributed by atoms with Crippen molar-refractivity contribution in [1.29, 1.82) is 0 Å². The monoisotopic (exact) mass is 465 g/mol. The third-order valence-electron chi connectivity index (χ3n) is 5.00. The van der Waals surface area contributed by atoms with E-state index in [9.17, 15) is 9.59 Å². The Morgan fingerprint density at radius 1 is 1.03 bits per heavy atom. The third kappa shape index (κ3) is 7.08. The van der Waals surface area contributed by atoms with Crippen LogP contribution in [0.4, 0.5) is 9.59 Å². The third-order valence-corrected chi connectivity index (χ3v) is 5.00. The Bertz CT molecular complexity index is 1110. The van der Waals surface area contributed by atoms with E-state index in [1.807, 2.05) is 68.4 Å². The summed E-state index contributed by atoms with van der Waals surface area (Å²) in [6, 6.07) is 18.8. The average Bonchev–Trinajstić information content (AvgIpc) is 2.85. The molecule has 0 fully saturated rings. The van der Waals surface area contributed by atoms with Gasteiger partial charge in [-0.05, 0) is 36.8 Å². The molecule has 0 aliphatic carbocycles. The van der Waals surface area contributed by atoms with Gasteiger partial charge in [-0.15, -0.1) is 0 Å². The van der Waals surface area contributed by atoms with Crippen molar-refractivity contribution in [3.05, 3.63) is 71.9 Å². The number of para-hydroxylation sites is 1. The van der Waals surface area contributed by atoms with Crippen LogP contribution in [0.1, 0.15) is 31.2 Å². The summed E-state index contributed by atoms with van der Waals surface area (Å²) in [7, 11) is 1.63. The van der Waals surface area contributed by atoms with Crippen LogP contribution in [-0.4, -0.2) is 48.7 Å². The van der Waals surface area contributed by atoms with Gasteiger partial charge >= 0.3 is 12.1 Å². The minimum Gasteiger partial charge on any atom is -0.487 e. The number of nitrogens with one attached hydrogen (secondary N) is 3. The van der Waals surface area contributed by atoms with E-state index in [4.69, 9.17) is 9.47 Å². The van der Waals surface area contributed by atoms with Crippen LogP contribution in [0.3, 0.4) is 0 Å². The van der Waals surface area contributed by atoms with Crippen LogP contribution in [0.25, 0.3) is 10.9 Å². The Morgan fingerprint density at radius 3 is 2.65 bits per heavy atom. The van der Waals surface area contributed by atoms with Crippen molar-refractivity contribution in [3.8, 4) is 5.75 Å². The average molecular weight is 466 g/mol. The van der Waals surface area contributed by atoms with Crippen molar-refractivity contribution < 1.29 is 19.1 Å². The Kier molecular flexibility index (Phi) is 9.04. The highest BCUT2D eigenvalue weighted by Crippen LogP contribution is 2.24. The molecule has 0 saturated carbocycles. The van der Waals surface area contributed by atoms with E-state index < -0.39 is 12.2 Å². The number of rotatable bonds is 10. The number of hydrogen-bond acceptors (Lipinski definition) is 6. The second-order valence-corrected chi connectivity index (χ2v) is 7.62. The molecule has 3 aromatic rings. The predicted octanol–water partition coefficient (Wildman–Crippen LogP) is 3.77. The Hall–Kier alpha value is -3.85. The Labute approximate surface area is 199 Å². The summed E-state index contributed by atoms with van der Waals surface area (Å²) >= 11 is 0. The number of alkyl carbamates (subject to hydrolysis) is 1. The molecule has 1 heterocycles. The Morgan fingerprint density at radius 2 is 1.85 bits per heavy atom. The second kappa shape index (κ2) is 12.4. The number of amides is 3. The number of urea groups is 1. The summed E-state index contributed by atoms with van der Waals surface area (Å²) in [5, 5.41) is 3.70. The molecule has 9 heteroatoms. The zero-order chi connectivity index (χ0) is 24.3. The first-order chi connectivity index (χ1) is 16.5. The number of hydrazine groups is 1. The number of carbonyl (C=O) groups is 2. The molecule has 9 nitrogen and oxygen atoms in total. The number of likely N-dealkylation sites (N-methyl/N-ethyl adjacent to an activating group) is 1. The fraction of sp³-hybridized carbons (Fsp3) is 0.320. The number of nitrogens with zero attached hydrogens (tertiary/aromatic N) is 2. The normalized spacial score (nSPS) is 11.5. The van der Waals surface area contributed by atoms with E-state index in [2.05, 4.69) is 21.2 Å². The van der Waals surface area contributed by atoms with E-state index in [1.165, 1.54) is 4.90 Å². The van der Waals surface area contributed by atoms with E-state index in [1.54, 1.807) is 13.1 Å². The first-order valence-corrected chi connectivity index (χ1v) is 11.3. The topological polar surface area (TPSA) is 105 Å². The molecule has 0 spiro atoms. The molecule has 2 aromatic carbocycles. The van der Waals surface area contributed by atoms with Crippen molar-refractivity contribution in [1.82, 2.24) is 26.1 Å². The lowest BCUT2D eigenvalue weighted by atomic mass is 10.1. The standard InChI is InChI=1S/C25H31N5O4/c1-4-26-25(32)34-23(16-30(3)24(31)29-27-5-2)19-10-8-11-21(15-19)33-17-20-14-13-18-9-6-7-12-22(18)28-20/h6-15,23,27H,4-5,16-17H2,1-3H3,(H,26,32)(H,29,31)/t23-/m0/s1. The van der Waals surface area contributed by atoms with Gasteiger partial charge in [0.2, 0.25) is 0 Å². The van der Waals surface area contributed by atoms with Gasteiger partial charge < -0.3 is 19.7 Å². The van der Waals surface area contributed by atoms with Gasteiger partial charge in [0, 0.05) is 25.5 Å². The van der Waals surface area contributed by atoms with Gasteiger partial charge in [0.1, 0.15) is 18.5 Å². The van der Waals surface area contributed by atoms with Gasteiger partial charge in [-0.2, -0.15) is 0 Å². The number of aromatic nitrogens is 1. The van der Waals surface area contributed by atoms with Crippen LogP contribution in [0.5, 0.6) is 5.75 Å². The van der Waals surface area contributed by atoms with Crippen LogP contribution in [0.2, 0.25) is 0 Å². The summed E-state index contributed by atoms with van der Waals surface area (Å²) in [5.41, 5.74) is 7.77. The van der Waals surface area contributed by atoms with E-state index in [0.717, 1.165) is 16.6 Å². The molecule has 0 aliphatic heterocycles. The summed E-state index contributed by atoms with van der Waals surface area (Å²) in [6.45, 7) is 5.15. The molecule has 3 amide bonds. The van der Waals surface area contributed by atoms with Crippen LogP contribution >= 0.6 is 0 Å². The van der Waals surface area contributed by atoms with Crippen LogP contribution in [0, 0.1) is 0 Å². The number of hydrogen-bond donors (Lipinski definition) is 3. The first kappa shape index (κ1) is 24.8. The minimum atomic E-state index is -0.689. The highest BCUT2D eigenvalue weighted by atomic mass is 16.6. The van der Waals surface area contributed by atoms with Gasteiger partial charge in [-0.3, -0.25) is 5.43 Å². The summed E-state index contributed by atoms with van der Waals surface area (Å²) in [4.78, 5) is 30.5. The van der Waals surface area contributed by atoms with Crippen LogP contribution in [-0.2, 0) is 11.3 Å². The molecule has 0 bridgehead atoms. The molecule has 3 N–H and O–H groups in total. The fourth-order valence-electron chi connectivity index (χ4n) is 3.27. The maximum Gasteiger partial charge on any atom is 0.407 e. The van der Waals surface area contributed by atoms with Crippen molar-refractivity contribution in [3.63, 3.8) is 0 Å². The van der Waals surface area contributed by atoms with Crippen LogP contribution in [0.15, 0.2) is 60.7 Å². The molecule has 1 atom stereocenters. The predicted molar refractivity (Wildman–Crippen MR) is 130 cm³/mol. The zero-order valence-corrected chi connectivity index (χ0v) is 19.7. The van der Waals surface area contributed by atoms with E-state index in [0.29, 0.717) is 31.0 Å². The molecule has 0 aliphatic rings. The first-order valence-electron chi connectivity index (χ1n) is 11.3. The van der Waals surface area contributed by atoms with E-state index in [-0.39, 0.29) is 12.6 Å². The smallest absolute Gasteiger partial charge is 0.407 e. The highest BCUT2D eigenvalue weighted by Gasteiger charge is 2.22. The van der Waals surface area contributed by atoms with Gasteiger partial charge in [0.05, 0.1) is 17.8 Å². The minimum absolute atomic E-state index is 0.157. The van der Waals surface area contributed by atoms with Gasteiger partial charge in [-0.1, -0.05) is 43.3 Å². The zero-order valence-electron chi connectivity index (χ0n) is 19.7. The maximum absolute atomic E-state index is 12.3. The number of fused-ring (bicyclic) bond motifs is 1. The van der Waals surface area contributed by atoms with E-state index >= 15 is 0 Å². The summed E-state index contributed by atoms with van der Waals surface area (Å²) < 4.78 is 11.6.